The molecule has 0 unspecified atom stereocenters. The molecule has 0 bridgehead atoms. The average Bonchev–Trinajstić information content (AvgIpc) is 1.85. The topological polar surface area (TPSA) is 20.9 Å². The molecular formula is C9H12Br2NO-. The number of halogens is 2. The van der Waals surface area contributed by atoms with E-state index in [0.717, 1.165) is 0 Å². The summed E-state index contributed by atoms with van der Waals surface area (Å²) in [6.45, 7) is 4.08. The van der Waals surface area contributed by atoms with E-state index in [1.165, 1.54) is 5.56 Å². The van der Waals surface area contributed by atoms with Gasteiger partial charge in [-0.05, 0) is 13.0 Å². The monoisotopic (exact) mass is 308 g/mol. The van der Waals surface area contributed by atoms with Gasteiger partial charge in [-0.15, -0.1) is 0 Å². The van der Waals surface area contributed by atoms with Crippen molar-refractivity contribution < 1.29 is 43.3 Å². The SMILES string of the molecule is CC(=O)C[n+]1cccc(C)c1.[Br-].[Br-]. The minimum Gasteiger partial charge on any atom is -1.00 e. The van der Waals surface area contributed by atoms with Crippen molar-refractivity contribution in [3.05, 3.63) is 30.1 Å². The van der Waals surface area contributed by atoms with Gasteiger partial charge in [0.05, 0.1) is 0 Å². The molecule has 1 aromatic heterocycles. The fourth-order valence-electron chi connectivity index (χ4n) is 1.01. The van der Waals surface area contributed by atoms with E-state index in [2.05, 4.69) is 0 Å². The van der Waals surface area contributed by atoms with Crippen LogP contribution in [0.1, 0.15) is 12.5 Å². The standard InChI is InChI=1S/C9H12NO.2BrH/c1-8-4-3-5-10(6-8)7-9(2)11;;/h3-6H,7H2,1-2H3;2*1H/q+1;;/p-2. The van der Waals surface area contributed by atoms with E-state index >= 15 is 0 Å². The number of nitrogens with zero attached hydrogens (tertiary/aromatic N) is 1. The molecule has 0 N–H and O–H groups in total. The molecule has 74 valence electrons. The molecule has 0 amide bonds. The lowest BCUT2D eigenvalue weighted by Crippen LogP contribution is -3.00. The van der Waals surface area contributed by atoms with Crippen molar-refractivity contribution >= 4 is 5.78 Å². The normalized spacial score (nSPS) is 8.15. The minimum atomic E-state index is 0. The predicted molar refractivity (Wildman–Crippen MR) is 42.1 cm³/mol. The van der Waals surface area contributed by atoms with Gasteiger partial charge in [0.1, 0.15) is 0 Å². The average molecular weight is 310 g/mol. The van der Waals surface area contributed by atoms with E-state index in [0.29, 0.717) is 6.54 Å². The number of hydrogen-bond donors (Lipinski definition) is 0. The van der Waals surface area contributed by atoms with Gasteiger partial charge in [-0.3, -0.25) is 4.79 Å². The molecule has 0 radical (unpaired) electrons. The van der Waals surface area contributed by atoms with E-state index < -0.39 is 0 Å². The van der Waals surface area contributed by atoms with Crippen LogP contribution in [-0.4, -0.2) is 5.78 Å². The quantitative estimate of drug-likeness (QED) is 0.501. The van der Waals surface area contributed by atoms with Crippen LogP contribution in [0, 0.1) is 6.92 Å². The molecule has 0 aliphatic rings. The lowest BCUT2D eigenvalue weighted by Gasteiger charge is -1.92. The summed E-state index contributed by atoms with van der Waals surface area (Å²) in [5.41, 5.74) is 1.17. The van der Waals surface area contributed by atoms with Crippen molar-refractivity contribution in [1.29, 1.82) is 0 Å². The van der Waals surface area contributed by atoms with Gasteiger partial charge in [-0.2, -0.15) is 4.57 Å². The van der Waals surface area contributed by atoms with E-state index in [9.17, 15) is 4.79 Å². The summed E-state index contributed by atoms with van der Waals surface area (Å²) >= 11 is 0. The zero-order chi connectivity index (χ0) is 8.27. The fourth-order valence-corrected chi connectivity index (χ4v) is 1.01. The number of aromatic nitrogens is 1. The molecule has 1 rings (SSSR count). The first-order valence-electron chi connectivity index (χ1n) is 3.63. The summed E-state index contributed by atoms with van der Waals surface area (Å²) < 4.78 is 1.89. The highest BCUT2D eigenvalue weighted by Crippen LogP contribution is 1.88. The molecule has 0 aliphatic carbocycles. The van der Waals surface area contributed by atoms with Crippen molar-refractivity contribution in [2.24, 2.45) is 0 Å². The van der Waals surface area contributed by atoms with Gasteiger partial charge in [0.25, 0.3) is 0 Å². The number of ketones is 1. The lowest BCUT2D eigenvalue weighted by molar-refractivity contribution is -0.684. The van der Waals surface area contributed by atoms with Crippen molar-refractivity contribution in [3.8, 4) is 0 Å². The Morgan fingerprint density at radius 2 is 2.08 bits per heavy atom. The molecule has 0 saturated carbocycles. The highest BCUT2D eigenvalue weighted by molar-refractivity contribution is 5.73. The third kappa shape index (κ3) is 5.93. The molecule has 0 saturated heterocycles. The smallest absolute Gasteiger partial charge is 0.206 e. The Kier molecular flexibility index (Phi) is 8.46. The first-order chi connectivity index (χ1) is 5.18. The van der Waals surface area contributed by atoms with E-state index in [1.807, 2.05) is 36.0 Å². The first-order valence-corrected chi connectivity index (χ1v) is 3.63. The summed E-state index contributed by atoms with van der Waals surface area (Å²) in [6, 6.07) is 3.95. The molecule has 2 nitrogen and oxygen atoms in total. The van der Waals surface area contributed by atoms with Crippen LogP contribution >= 0.6 is 0 Å². The Bertz CT molecular complexity index is 276. The molecule has 4 heteroatoms. The van der Waals surface area contributed by atoms with Crippen LogP contribution in [0.15, 0.2) is 24.5 Å². The Morgan fingerprint density at radius 3 is 2.54 bits per heavy atom. The molecule has 0 aliphatic heterocycles. The van der Waals surface area contributed by atoms with Crippen LogP contribution in [0.25, 0.3) is 0 Å². The number of aryl methyl sites for hydroxylation is 1. The molecule has 1 heterocycles. The number of Topliss-reactive ketones (excluding diaryl/α,β-unsaturated/α-hetero) is 1. The van der Waals surface area contributed by atoms with Crippen LogP contribution in [0.4, 0.5) is 0 Å². The largest absolute Gasteiger partial charge is 1.00 e. The maximum Gasteiger partial charge on any atom is 0.206 e. The Morgan fingerprint density at radius 1 is 1.46 bits per heavy atom. The Hall–Kier alpha value is -0.220. The summed E-state index contributed by atoms with van der Waals surface area (Å²) in [6.07, 6.45) is 3.86. The minimum absolute atomic E-state index is 0. The van der Waals surface area contributed by atoms with Crippen LogP contribution in [-0.2, 0) is 11.3 Å². The van der Waals surface area contributed by atoms with E-state index in [4.69, 9.17) is 0 Å². The molecule has 0 spiro atoms. The summed E-state index contributed by atoms with van der Waals surface area (Å²) in [5.74, 6) is 0.181. The highest BCUT2D eigenvalue weighted by atomic mass is 79.9. The first kappa shape index (κ1) is 15.3. The third-order valence-corrected chi connectivity index (χ3v) is 1.41. The number of carbonyl (C=O) groups excluding carboxylic acids is 1. The van der Waals surface area contributed by atoms with Crippen molar-refractivity contribution in [3.63, 3.8) is 0 Å². The van der Waals surface area contributed by atoms with Crippen molar-refractivity contribution in [2.75, 3.05) is 0 Å². The van der Waals surface area contributed by atoms with Crippen molar-refractivity contribution in [1.82, 2.24) is 0 Å². The summed E-state index contributed by atoms with van der Waals surface area (Å²) in [7, 11) is 0. The summed E-state index contributed by atoms with van der Waals surface area (Å²) in [5, 5.41) is 0. The molecular weight excluding hydrogens is 298 g/mol. The Balaban J connectivity index is 0. The number of pyridine rings is 1. The Labute approximate surface area is 99.5 Å². The van der Waals surface area contributed by atoms with Gasteiger partial charge in [0.15, 0.2) is 18.2 Å². The second-order valence-corrected chi connectivity index (χ2v) is 2.76. The van der Waals surface area contributed by atoms with Gasteiger partial charge >= 0.3 is 0 Å². The van der Waals surface area contributed by atoms with E-state index in [1.54, 1.807) is 6.92 Å². The third-order valence-electron chi connectivity index (χ3n) is 1.41. The molecule has 0 aromatic carbocycles. The van der Waals surface area contributed by atoms with Crippen LogP contribution in [0.2, 0.25) is 0 Å². The number of rotatable bonds is 2. The number of carbonyl (C=O) groups is 1. The second kappa shape index (κ2) is 7.21. The zero-order valence-corrected chi connectivity index (χ0v) is 10.8. The van der Waals surface area contributed by atoms with Gasteiger partial charge < -0.3 is 34.0 Å². The van der Waals surface area contributed by atoms with Crippen LogP contribution in [0.3, 0.4) is 0 Å². The molecule has 13 heavy (non-hydrogen) atoms. The maximum atomic E-state index is 10.7. The van der Waals surface area contributed by atoms with Gasteiger partial charge in [-0.1, -0.05) is 0 Å². The van der Waals surface area contributed by atoms with Gasteiger partial charge in [0, 0.05) is 18.6 Å². The fraction of sp³-hybridized carbons (Fsp3) is 0.333. The zero-order valence-electron chi connectivity index (χ0n) is 7.63. The highest BCUT2D eigenvalue weighted by Gasteiger charge is 2.02. The van der Waals surface area contributed by atoms with Crippen LogP contribution in [0.5, 0.6) is 0 Å². The summed E-state index contributed by atoms with van der Waals surface area (Å²) in [4.78, 5) is 10.7. The molecule has 1 aromatic rings. The number of hydrogen-bond acceptors (Lipinski definition) is 1. The second-order valence-electron chi connectivity index (χ2n) is 2.76. The van der Waals surface area contributed by atoms with Crippen LogP contribution < -0.4 is 38.5 Å². The molecule has 0 fully saturated rings. The lowest BCUT2D eigenvalue weighted by atomic mass is 10.3. The van der Waals surface area contributed by atoms with E-state index in [-0.39, 0.29) is 39.7 Å². The maximum absolute atomic E-state index is 10.7. The van der Waals surface area contributed by atoms with Gasteiger partial charge in [-0.25, -0.2) is 0 Å². The molecule has 0 atom stereocenters. The van der Waals surface area contributed by atoms with Crippen molar-refractivity contribution in [2.45, 2.75) is 20.4 Å². The van der Waals surface area contributed by atoms with Gasteiger partial charge in [0.2, 0.25) is 6.54 Å². The predicted octanol–water partition coefficient (Wildman–Crippen LogP) is -5.12.